The van der Waals surface area contributed by atoms with Crippen LogP contribution in [-0.2, 0) is 4.74 Å². The van der Waals surface area contributed by atoms with Crippen molar-refractivity contribution in [1.82, 2.24) is 0 Å². The zero-order valence-electron chi connectivity index (χ0n) is 10.4. The van der Waals surface area contributed by atoms with E-state index in [1.807, 2.05) is 6.92 Å². The third-order valence-corrected chi connectivity index (χ3v) is 2.87. The Labute approximate surface area is 121 Å². The van der Waals surface area contributed by atoms with E-state index in [-0.39, 0.29) is 15.7 Å². The van der Waals surface area contributed by atoms with Crippen LogP contribution in [0.25, 0.3) is 0 Å². The molecule has 0 aliphatic heterocycles. The number of hydrogen-bond acceptors (Lipinski definition) is 4. The number of halogens is 2. The predicted octanol–water partition coefficient (Wildman–Crippen LogP) is 3.91. The fraction of sp³-hybridized carbons (Fsp3) is 0.333. The molecule has 0 atom stereocenters. The summed E-state index contributed by atoms with van der Waals surface area (Å²) in [6.45, 7) is 6.85. The van der Waals surface area contributed by atoms with Crippen molar-refractivity contribution in [3.63, 3.8) is 0 Å². The highest BCUT2D eigenvalue weighted by Gasteiger charge is 2.16. The van der Waals surface area contributed by atoms with E-state index in [1.165, 1.54) is 12.1 Å². The molecule has 5 nitrogen and oxygen atoms in total. The Hall–Kier alpha value is -1.30. The lowest BCUT2D eigenvalue weighted by atomic mass is 10.2. The van der Waals surface area contributed by atoms with Crippen molar-refractivity contribution in [2.45, 2.75) is 6.92 Å². The van der Waals surface area contributed by atoms with E-state index in [0.29, 0.717) is 25.4 Å². The number of ether oxygens (including phenoxy) is 1. The van der Waals surface area contributed by atoms with E-state index in [4.69, 9.17) is 27.9 Å². The summed E-state index contributed by atoms with van der Waals surface area (Å²) in [5.41, 5.74) is 1.12. The molecule has 1 rings (SSSR count). The van der Waals surface area contributed by atoms with Gasteiger partial charge in [0.15, 0.2) is 0 Å². The van der Waals surface area contributed by atoms with Crippen LogP contribution in [0.5, 0.6) is 0 Å². The maximum absolute atomic E-state index is 10.9. The Kier molecular flexibility index (Phi) is 6.08. The van der Waals surface area contributed by atoms with Crippen LogP contribution in [0.3, 0.4) is 0 Å². The Morgan fingerprint density at radius 2 is 2.11 bits per heavy atom. The van der Waals surface area contributed by atoms with Gasteiger partial charge in [-0.3, -0.25) is 10.1 Å². The van der Waals surface area contributed by atoms with Crippen LogP contribution in [0.1, 0.15) is 6.92 Å². The van der Waals surface area contributed by atoms with Crippen molar-refractivity contribution >= 4 is 34.6 Å². The highest BCUT2D eigenvalue weighted by atomic mass is 35.5. The molecule has 0 radical (unpaired) electrons. The minimum Gasteiger partial charge on any atom is -0.377 e. The SMILES string of the molecule is C=C(C)COCCNc1cc(Cl)c(Cl)cc1[N+](=O)[O-]. The smallest absolute Gasteiger partial charge is 0.293 e. The molecule has 0 spiro atoms. The Morgan fingerprint density at radius 3 is 2.68 bits per heavy atom. The fourth-order valence-electron chi connectivity index (χ4n) is 1.33. The van der Waals surface area contributed by atoms with Crippen molar-refractivity contribution in [3.05, 3.63) is 44.4 Å². The lowest BCUT2D eigenvalue weighted by Gasteiger charge is -2.09. The summed E-state index contributed by atoms with van der Waals surface area (Å²) in [6, 6.07) is 2.65. The fourth-order valence-corrected chi connectivity index (χ4v) is 1.65. The van der Waals surface area contributed by atoms with Crippen LogP contribution in [0.4, 0.5) is 11.4 Å². The lowest BCUT2D eigenvalue weighted by Crippen LogP contribution is -2.11. The molecule has 0 saturated carbocycles. The molecule has 1 aromatic carbocycles. The first kappa shape index (κ1) is 15.8. The van der Waals surface area contributed by atoms with Gasteiger partial charge in [-0.2, -0.15) is 0 Å². The second kappa shape index (κ2) is 7.33. The summed E-state index contributed by atoms with van der Waals surface area (Å²) >= 11 is 11.6. The topological polar surface area (TPSA) is 64.4 Å². The van der Waals surface area contributed by atoms with Crippen molar-refractivity contribution < 1.29 is 9.66 Å². The number of nitrogens with one attached hydrogen (secondary N) is 1. The Balaban J connectivity index is 2.64. The van der Waals surface area contributed by atoms with Gasteiger partial charge in [-0.15, -0.1) is 0 Å². The van der Waals surface area contributed by atoms with Crippen LogP contribution in [-0.4, -0.2) is 24.7 Å². The van der Waals surface area contributed by atoms with Crippen LogP contribution in [0.15, 0.2) is 24.3 Å². The van der Waals surface area contributed by atoms with Gasteiger partial charge in [-0.05, 0) is 13.0 Å². The second-order valence-electron chi connectivity index (χ2n) is 3.98. The van der Waals surface area contributed by atoms with Crippen molar-refractivity contribution in [1.29, 1.82) is 0 Å². The van der Waals surface area contributed by atoms with Gasteiger partial charge in [0.25, 0.3) is 5.69 Å². The predicted molar refractivity (Wildman–Crippen MR) is 77.2 cm³/mol. The molecule has 0 heterocycles. The first-order valence-corrected chi connectivity index (χ1v) is 6.27. The maximum Gasteiger partial charge on any atom is 0.293 e. The number of nitro benzene ring substituents is 1. The van der Waals surface area contributed by atoms with Gasteiger partial charge in [-0.1, -0.05) is 35.4 Å². The minimum absolute atomic E-state index is 0.116. The number of nitro groups is 1. The normalized spacial score (nSPS) is 10.3. The third kappa shape index (κ3) is 5.06. The van der Waals surface area contributed by atoms with Gasteiger partial charge in [0.05, 0.1) is 28.2 Å². The summed E-state index contributed by atoms with van der Waals surface area (Å²) in [5, 5.41) is 14.2. The molecule has 1 aromatic rings. The molecule has 0 saturated heterocycles. The Bertz CT molecular complexity index is 492. The standard InChI is InChI=1S/C12H14Cl2N2O3/c1-8(2)7-19-4-3-15-11-5-9(13)10(14)6-12(11)16(17)18/h5-6,15H,1,3-4,7H2,2H3. The number of anilines is 1. The molecule has 0 amide bonds. The quantitative estimate of drug-likeness (QED) is 0.359. The second-order valence-corrected chi connectivity index (χ2v) is 4.79. The summed E-state index contributed by atoms with van der Waals surface area (Å²) in [4.78, 5) is 10.4. The van der Waals surface area contributed by atoms with Gasteiger partial charge in [0.2, 0.25) is 0 Å². The lowest BCUT2D eigenvalue weighted by molar-refractivity contribution is -0.383. The molecular weight excluding hydrogens is 291 g/mol. The van der Waals surface area contributed by atoms with Crippen LogP contribution in [0.2, 0.25) is 10.0 Å². The zero-order chi connectivity index (χ0) is 14.4. The zero-order valence-corrected chi connectivity index (χ0v) is 11.9. The van der Waals surface area contributed by atoms with Crippen molar-refractivity contribution in [2.24, 2.45) is 0 Å². The maximum atomic E-state index is 10.9. The third-order valence-electron chi connectivity index (χ3n) is 2.15. The first-order chi connectivity index (χ1) is 8.91. The monoisotopic (exact) mass is 304 g/mol. The van der Waals surface area contributed by atoms with Crippen molar-refractivity contribution in [3.8, 4) is 0 Å². The van der Waals surface area contributed by atoms with Gasteiger partial charge in [-0.25, -0.2) is 0 Å². The minimum atomic E-state index is -0.515. The summed E-state index contributed by atoms with van der Waals surface area (Å²) < 4.78 is 5.28. The highest BCUT2D eigenvalue weighted by Crippen LogP contribution is 2.33. The van der Waals surface area contributed by atoms with Crippen molar-refractivity contribution in [2.75, 3.05) is 25.1 Å². The van der Waals surface area contributed by atoms with Gasteiger partial charge in [0.1, 0.15) is 5.69 Å². The van der Waals surface area contributed by atoms with Gasteiger partial charge >= 0.3 is 0 Å². The molecule has 104 valence electrons. The van der Waals surface area contributed by atoms with E-state index in [9.17, 15) is 10.1 Å². The molecule has 0 bridgehead atoms. The molecule has 0 fully saturated rings. The number of rotatable bonds is 7. The number of benzene rings is 1. The largest absolute Gasteiger partial charge is 0.377 e. The molecule has 0 aliphatic carbocycles. The van der Waals surface area contributed by atoms with Crippen LogP contribution in [0, 0.1) is 10.1 Å². The number of hydrogen-bond donors (Lipinski definition) is 1. The molecule has 1 N–H and O–H groups in total. The average molecular weight is 305 g/mol. The van der Waals surface area contributed by atoms with E-state index in [0.717, 1.165) is 5.57 Å². The highest BCUT2D eigenvalue weighted by molar-refractivity contribution is 6.42. The molecule has 0 unspecified atom stereocenters. The molecule has 19 heavy (non-hydrogen) atoms. The van der Waals surface area contributed by atoms with E-state index < -0.39 is 4.92 Å². The summed E-state index contributed by atoms with van der Waals surface area (Å²) in [5.74, 6) is 0. The first-order valence-electron chi connectivity index (χ1n) is 5.51. The molecule has 7 heteroatoms. The van der Waals surface area contributed by atoms with Gasteiger partial charge in [0, 0.05) is 12.6 Å². The van der Waals surface area contributed by atoms with E-state index >= 15 is 0 Å². The Morgan fingerprint density at radius 1 is 1.47 bits per heavy atom. The summed E-state index contributed by atoms with van der Waals surface area (Å²) in [6.07, 6.45) is 0. The van der Waals surface area contributed by atoms with Gasteiger partial charge < -0.3 is 10.1 Å². The molecule has 0 aliphatic rings. The number of nitrogens with zero attached hydrogens (tertiary/aromatic N) is 1. The van der Waals surface area contributed by atoms with E-state index in [2.05, 4.69) is 11.9 Å². The van der Waals surface area contributed by atoms with E-state index in [1.54, 1.807) is 0 Å². The molecular formula is C12H14Cl2N2O3. The van der Waals surface area contributed by atoms with Crippen LogP contribution >= 0.6 is 23.2 Å². The van der Waals surface area contributed by atoms with Crippen LogP contribution < -0.4 is 5.32 Å². The average Bonchev–Trinajstić information content (AvgIpc) is 2.32. The summed E-state index contributed by atoms with van der Waals surface area (Å²) in [7, 11) is 0. The molecule has 0 aromatic heterocycles.